The molecule has 0 aromatic rings. The van der Waals surface area contributed by atoms with E-state index in [1.807, 2.05) is 0 Å². The summed E-state index contributed by atoms with van der Waals surface area (Å²) in [6.45, 7) is 2.96. The van der Waals surface area contributed by atoms with Crippen molar-refractivity contribution in [2.24, 2.45) is 5.92 Å². The van der Waals surface area contributed by atoms with Gasteiger partial charge in [0, 0.05) is 6.54 Å². The van der Waals surface area contributed by atoms with Crippen LogP contribution in [0.15, 0.2) is 0 Å². The largest absolute Gasteiger partial charge is 0.450 e. The number of alkyl carbamates (subject to hydrolysis) is 1. The fourth-order valence-electron chi connectivity index (χ4n) is 2.01. The highest BCUT2D eigenvalue weighted by Crippen LogP contribution is 2.17. The first-order valence-corrected chi connectivity index (χ1v) is 8.46. The van der Waals surface area contributed by atoms with Crippen molar-refractivity contribution >= 4 is 15.9 Å². The van der Waals surface area contributed by atoms with Gasteiger partial charge in [-0.05, 0) is 18.8 Å². The quantitative estimate of drug-likeness (QED) is 0.719. The standard InChI is InChI=1S/C12H23NO4S/c1-2-3-4-5-7-17-12(14)13-9-11-6-8-18(15,16)10-11/h11H,2-10H2,1H3,(H,13,14). The Morgan fingerprint density at radius 2 is 2.11 bits per heavy atom. The molecule has 0 aromatic carbocycles. The predicted octanol–water partition coefficient (Wildman–Crippen LogP) is 1.73. The van der Waals surface area contributed by atoms with Crippen LogP contribution >= 0.6 is 0 Å². The molecule has 1 rings (SSSR count). The molecule has 1 heterocycles. The minimum absolute atomic E-state index is 0.0441. The Balaban J connectivity index is 2.04. The van der Waals surface area contributed by atoms with Crippen molar-refractivity contribution in [1.29, 1.82) is 0 Å². The zero-order valence-corrected chi connectivity index (χ0v) is 11.8. The smallest absolute Gasteiger partial charge is 0.407 e. The third-order valence-electron chi connectivity index (χ3n) is 3.09. The lowest BCUT2D eigenvalue weighted by molar-refractivity contribution is 0.142. The maximum atomic E-state index is 11.3. The third kappa shape index (κ3) is 6.23. The monoisotopic (exact) mass is 277 g/mol. The molecule has 0 aliphatic carbocycles. The third-order valence-corrected chi connectivity index (χ3v) is 4.93. The topological polar surface area (TPSA) is 72.5 Å². The van der Waals surface area contributed by atoms with Crippen molar-refractivity contribution in [3.05, 3.63) is 0 Å². The van der Waals surface area contributed by atoms with Crippen molar-refractivity contribution in [3.8, 4) is 0 Å². The molecule has 106 valence electrons. The average Bonchev–Trinajstić information content (AvgIpc) is 2.66. The summed E-state index contributed by atoms with van der Waals surface area (Å²) in [5, 5.41) is 2.63. The van der Waals surface area contributed by atoms with E-state index in [0.29, 0.717) is 19.6 Å². The molecule has 1 amide bonds. The minimum Gasteiger partial charge on any atom is -0.450 e. The Kier molecular flexibility index (Phi) is 6.46. The van der Waals surface area contributed by atoms with Crippen LogP contribution in [0.5, 0.6) is 0 Å². The van der Waals surface area contributed by atoms with E-state index in [1.165, 1.54) is 0 Å². The first kappa shape index (κ1) is 15.3. The van der Waals surface area contributed by atoms with Crippen LogP contribution in [0.1, 0.15) is 39.0 Å². The molecule has 1 saturated heterocycles. The number of carbonyl (C=O) groups is 1. The fraction of sp³-hybridized carbons (Fsp3) is 0.917. The van der Waals surface area contributed by atoms with Crippen LogP contribution in [0.25, 0.3) is 0 Å². The van der Waals surface area contributed by atoms with E-state index in [4.69, 9.17) is 4.74 Å². The van der Waals surface area contributed by atoms with Gasteiger partial charge in [-0.3, -0.25) is 0 Å². The number of hydrogen-bond acceptors (Lipinski definition) is 4. The van der Waals surface area contributed by atoms with Gasteiger partial charge in [0.15, 0.2) is 9.84 Å². The Hall–Kier alpha value is -0.780. The van der Waals surface area contributed by atoms with Crippen LogP contribution in [0.2, 0.25) is 0 Å². The summed E-state index contributed by atoms with van der Waals surface area (Å²) < 4.78 is 27.4. The Morgan fingerprint density at radius 3 is 2.72 bits per heavy atom. The lowest BCUT2D eigenvalue weighted by Crippen LogP contribution is -2.30. The molecule has 1 atom stereocenters. The van der Waals surface area contributed by atoms with E-state index >= 15 is 0 Å². The van der Waals surface area contributed by atoms with Crippen LogP contribution in [0, 0.1) is 5.92 Å². The number of sulfone groups is 1. The van der Waals surface area contributed by atoms with Gasteiger partial charge in [0.25, 0.3) is 0 Å². The summed E-state index contributed by atoms with van der Waals surface area (Å²) in [5.74, 6) is 0.470. The van der Waals surface area contributed by atoms with Crippen LogP contribution in [-0.4, -0.2) is 39.2 Å². The van der Waals surface area contributed by atoms with Crippen molar-refractivity contribution in [2.75, 3.05) is 24.7 Å². The van der Waals surface area contributed by atoms with Gasteiger partial charge in [0.2, 0.25) is 0 Å². The zero-order chi connectivity index (χ0) is 13.4. The summed E-state index contributed by atoms with van der Waals surface area (Å²) in [5.41, 5.74) is 0. The number of nitrogens with one attached hydrogen (secondary N) is 1. The van der Waals surface area contributed by atoms with E-state index in [2.05, 4.69) is 12.2 Å². The zero-order valence-electron chi connectivity index (χ0n) is 11.0. The number of unbranched alkanes of at least 4 members (excludes halogenated alkanes) is 3. The molecule has 0 radical (unpaired) electrons. The second-order valence-corrected chi connectivity index (χ2v) is 7.08. The molecule has 0 saturated carbocycles. The van der Waals surface area contributed by atoms with Crippen LogP contribution in [-0.2, 0) is 14.6 Å². The van der Waals surface area contributed by atoms with Crippen molar-refractivity contribution in [1.82, 2.24) is 5.32 Å². The second kappa shape index (κ2) is 7.61. The van der Waals surface area contributed by atoms with Crippen LogP contribution < -0.4 is 5.32 Å². The van der Waals surface area contributed by atoms with Crippen LogP contribution in [0.4, 0.5) is 4.79 Å². The molecule has 5 nitrogen and oxygen atoms in total. The van der Waals surface area contributed by atoms with E-state index in [1.54, 1.807) is 0 Å². The Morgan fingerprint density at radius 1 is 1.33 bits per heavy atom. The lowest BCUT2D eigenvalue weighted by Gasteiger charge is -2.10. The highest BCUT2D eigenvalue weighted by molar-refractivity contribution is 7.91. The van der Waals surface area contributed by atoms with Gasteiger partial charge < -0.3 is 10.1 Å². The maximum Gasteiger partial charge on any atom is 0.407 e. The maximum absolute atomic E-state index is 11.3. The molecule has 1 unspecified atom stereocenters. The summed E-state index contributed by atoms with van der Waals surface area (Å²) in [6, 6.07) is 0. The molecule has 0 aromatic heterocycles. The molecule has 0 bridgehead atoms. The normalized spacial score (nSPS) is 21.7. The van der Waals surface area contributed by atoms with E-state index in [-0.39, 0.29) is 17.4 Å². The molecular weight excluding hydrogens is 254 g/mol. The minimum atomic E-state index is -2.86. The highest BCUT2D eigenvalue weighted by Gasteiger charge is 2.27. The van der Waals surface area contributed by atoms with Gasteiger partial charge in [-0.15, -0.1) is 0 Å². The first-order chi connectivity index (χ1) is 8.53. The predicted molar refractivity (Wildman–Crippen MR) is 70.3 cm³/mol. The highest BCUT2D eigenvalue weighted by atomic mass is 32.2. The molecule has 0 spiro atoms. The van der Waals surface area contributed by atoms with Crippen molar-refractivity contribution < 1.29 is 17.9 Å². The summed E-state index contributed by atoms with van der Waals surface area (Å²) in [6.07, 6.45) is 4.48. The second-order valence-electron chi connectivity index (χ2n) is 4.85. The van der Waals surface area contributed by atoms with Gasteiger partial charge in [-0.25, -0.2) is 13.2 Å². The molecular formula is C12H23NO4S. The summed E-state index contributed by atoms with van der Waals surface area (Å²) >= 11 is 0. The molecule has 1 aliphatic heterocycles. The summed E-state index contributed by atoms with van der Waals surface area (Å²) in [4.78, 5) is 11.3. The SMILES string of the molecule is CCCCCCOC(=O)NCC1CCS(=O)(=O)C1. The van der Waals surface area contributed by atoms with E-state index < -0.39 is 15.9 Å². The number of hydrogen-bond donors (Lipinski definition) is 1. The molecule has 6 heteroatoms. The molecule has 1 aliphatic rings. The lowest BCUT2D eigenvalue weighted by atomic mass is 10.1. The van der Waals surface area contributed by atoms with Gasteiger partial charge in [-0.2, -0.15) is 0 Å². The average molecular weight is 277 g/mol. The Labute approximate surface area is 109 Å². The Bertz CT molecular complexity index is 353. The van der Waals surface area contributed by atoms with Crippen LogP contribution in [0.3, 0.4) is 0 Å². The van der Waals surface area contributed by atoms with Gasteiger partial charge >= 0.3 is 6.09 Å². The van der Waals surface area contributed by atoms with Gasteiger partial charge in [-0.1, -0.05) is 26.2 Å². The number of ether oxygens (including phenoxy) is 1. The molecule has 18 heavy (non-hydrogen) atoms. The fourth-order valence-corrected chi connectivity index (χ4v) is 3.87. The summed E-state index contributed by atoms with van der Waals surface area (Å²) in [7, 11) is -2.86. The molecule has 1 fully saturated rings. The van der Waals surface area contributed by atoms with E-state index in [0.717, 1.165) is 25.7 Å². The number of carbonyl (C=O) groups excluding carboxylic acids is 1. The number of rotatable bonds is 7. The number of amides is 1. The first-order valence-electron chi connectivity index (χ1n) is 6.64. The van der Waals surface area contributed by atoms with E-state index in [9.17, 15) is 13.2 Å². The van der Waals surface area contributed by atoms with Gasteiger partial charge in [0.1, 0.15) is 0 Å². The van der Waals surface area contributed by atoms with Crippen molar-refractivity contribution in [2.45, 2.75) is 39.0 Å². The van der Waals surface area contributed by atoms with Crippen molar-refractivity contribution in [3.63, 3.8) is 0 Å². The van der Waals surface area contributed by atoms with Gasteiger partial charge in [0.05, 0.1) is 18.1 Å². The molecule has 1 N–H and O–H groups in total.